The third-order valence-electron chi connectivity index (χ3n) is 6.66. The van der Waals surface area contributed by atoms with Crippen LogP contribution in [0.3, 0.4) is 0 Å². The Bertz CT molecular complexity index is 1300. The summed E-state index contributed by atoms with van der Waals surface area (Å²) in [4.78, 5) is 15.7. The van der Waals surface area contributed by atoms with E-state index in [9.17, 15) is 13.2 Å². The molecule has 2 heterocycles. The third-order valence-corrected chi connectivity index (χ3v) is 8.77. The molecule has 0 radical (unpaired) electrons. The van der Waals surface area contributed by atoms with Gasteiger partial charge in [-0.2, -0.15) is 4.31 Å². The van der Waals surface area contributed by atoms with Crippen molar-refractivity contribution >= 4 is 15.9 Å². The molecule has 2 aromatic carbocycles. The molecule has 4 rings (SSSR count). The van der Waals surface area contributed by atoms with Crippen LogP contribution >= 0.6 is 0 Å². The van der Waals surface area contributed by atoms with Crippen LogP contribution in [0.4, 0.5) is 0 Å². The van der Waals surface area contributed by atoms with Crippen molar-refractivity contribution in [3.8, 4) is 0 Å². The molecular weight excluding hydrogens is 488 g/mol. The van der Waals surface area contributed by atoms with Crippen LogP contribution in [-0.4, -0.2) is 49.3 Å². The molecular formula is C29H36N2O5S. The molecule has 1 saturated heterocycles. The van der Waals surface area contributed by atoms with Gasteiger partial charge in [-0.15, -0.1) is 0 Å². The standard InChI is InChI=1S/C29H36N2O5S/c1-21-15-22(2)29(23(3)16-21)37(33,34)31(19-26-11-8-14-35-26)20-28(32)30(17-25-9-6-5-7-10-25)18-27-13-12-24(4)36-27/h5-7,9-10,12-13,15-16,26H,8,11,14,17-20H2,1-4H3. The first kappa shape index (κ1) is 27.1. The molecule has 1 fully saturated rings. The lowest BCUT2D eigenvalue weighted by molar-refractivity contribution is -0.133. The fourth-order valence-electron chi connectivity index (χ4n) is 5.01. The zero-order valence-electron chi connectivity index (χ0n) is 22.1. The summed E-state index contributed by atoms with van der Waals surface area (Å²) < 4.78 is 40.9. The van der Waals surface area contributed by atoms with Crippen LogP contribution in [-0.2, 0) is 32.6 Å². The smallest absolute Gasteiger partial charge is 0.244 e. The highest BCUT2D eigenvalue weighted by atomic mass is 32.2. The Kier molecular flexibility index (Phi) is 8.52. The largest absolute Gasteiger partial charge is 0.464 e. The maximum atomic E-state index is 14.0. The molecule has 1 amide bonds. The molecule has 198 valence electrons. The minimum absolute atomic E-state index is 0.139. The molecule has 3 aromatic rings. The zero-order valence-corrected chi connectivity index (χ0v) is 22.9. The van der Waals surface area contributed by atoms with Gasteiger partial charge in [0, 0.05) is 19.7 Å². The molecule has 1 aromatic heterocycles. The Morgan fingerprint density at radius 1 is 0.973 bits per heavy atom. The lowest BCUT2D eigenvalue weighted by atomic mass is 10.1. The van der Waals surface area contributed by atoms with Crippen LogP contribution in [0.25, 0.3) is 0 Å². The molecule has 1 atom stereocenters. The monoisotopic (exact) mass is 524 g/mol. The van der Waals surface area contributed by atoms with Gasteiger partial charge < -0.3 is 14.1 Å². The number of hydrogen-bond donors (Lipinski definition) is 0. The van der Waals surface area contributed by atoms with Gasteiger partial charge in [0.1, 0.15) is 11.5 Å². The van der Waals surface area contributed by atoms with Crippen molar-refractivity contribution < 1.29 is 22.4 Å². The molecule has 1 unspecified atom stereocenters. The Balaban J connectivity index is 1.65. The summed E-state index contributed by atoms with van der Waals surface area (Å²) in [5, 5.41) is 0. The SMILES string of the molecule is Cc1cc(C)c(S(=O)(=O)N(CC(=O)N(Cc2ccccc2)Cc2ccc(C)o2)CC2CCCO2)c(C)c1. The summed E-state index contributed by atoms with van der Waals surface area (Å²) in [5.41, 5.74) is 3.31. The maximum absolute atomic E-state index is 14.0. The van der Waals surface area contributed by atoms with Gasteiger partial charge in [0.05, 0.1) is 24.1 Å². The first-order valence-corrected chi connectivity index (χ1v) is 14.1. The number of amides is 1. The molecule has 7 nitrogen and oxygen atoms in total. The van der Waals surface area contributed by atoms with Crippen molar-refractivity contribution in [2.24, 2.45) is 0 Å². The molecule has 0 bridgehead atoms. The molecule has 0 saturated carbocycles. The minimum Gasteiger partial charge on any atom is -0.464 e. The summed E-state index contributed by atoms with van der Waals surface area (Å²) in [6, 6.07) is 17.1. The summed E-state index contributed by atoms with van der Waals surface area (Å²) in [6.07, 6.45) is 1.42. The lowest BCUT2D eigenvalue weighted by Gasteiger charge is -2.29. The molecule has 0 spiro atoms. The molecule has 8 heteroatoms. The van der Waals surface area contributed by atoms with Crippen LogP contribution in [0.2, 0.25) is 0 Å². The Morgan fingerprint density at radius 2 is 1.68 bits per heavy atom. The van der Waals surface area contributed by atoms with E-state index in [0.29, 0.717) is 30.0 Å². The highest BCUT2D eigenvalue weighted by Crippen LogP contribution is 2.27. The van der Waals surface area contributed by atoms with Crippen molar-refractivity contribution in [1.29, 1.82) is 0 Å². The number of ether oxygens (including phenoxy) is 1. The van der Waals surface area contributed by atoms with E-state index in [4.69, 9.17) is 9.15 Å². The van der Waals surface area contributed by atoms with Gasteiger partial charge in [-0.25, -0.2) is 8.42 Å². The first-order chi connectivity index (χ1) is 17.6. The number of carbonyl (C=O) groups is 1. The van der Waals surface area contributed by atoms with Crippen molar-refractivity contribution in [2.75, 3.05) is 19.7 Å². The van der Waals surface area contributed by atoms with Crippen molar-refractivity contribution in [1.82, 2.24) is 9.21 Å². The molecule has 37 heavy (non-hydrogen) atoms. The minimum atomic E-state index is -3.95. The predicted molar refractivity (Wildman–Crippen MR) is 143 cm³/mol. The van der Waals surface area contributed by atoms with Gasteiger partial charge >= 0.3 is 0 Å². The second-order valence-corrected chi connectivity index (χ2v) is 11.8. The van der Waals surface area contributed by atoms with Gasteiger partial charge in [0.2, 0.25) is 15.9 Å². The summed E-state index contributed by atoms with van der Waals surface area (Å²) >= 11 is 0. The van der Waals surface area contributed by atoms with Crippen LogP contribution in [0, 0.1) is 27.7 Å². The molecule has 1 aliphatic rings. The van der Waals surface area contributed by atoms with Crippen LogP contribution in [0.15, 0.2) is 63.9 Å². The number of benzene rings is 2. The fraction of sp³-hybridized carbons (Fsp3) is 0.414. The number of hydrogen-bond acceptors (Lipinski definition) is 5. The quantitative estimate of drug-likeness (QED) is 0.376. The van der Waals surface area contributed by atoms with E-state index in [1.165, 1.54) is 4.31 Å². The second kappa shape index (κ2) is 11.6. The second-order valence-electron chi connectivity index (χ2n) is 9.91. The van der Waals surface area contributed by atoms with E-state index in [-0.39, 0.29) is 36.5 Å². The molecule has 0 N–H and O–H groups in total. The fourth-order valence-corrected chi connectivity index (χ4v) is 6.84. The average Bonchev–Trinajstić information content (AvgIpc) is 3.49. The predicted octanol–water partition coefficient (Wildman–Crippen LogP) is 4.91. The van der Waals surface area contributed by atoms with Gasteiger partial charge in [0.15, 0.2) is 0 Å². The highest BCUT2D eigenvalue weighted by molar-refractivity contribution is 7.89. The number of rotatable bonds is 10. The van der Waals surface area contributed by atoms with E-state index < -0.39 is 10.0 Å². The van der Waals surface area contributed by atoms with Crippen LogP contribution < -0.4 is 0 Å². The number of sulfonamides is 1. The number of nitrogens with zero attached hydrogens (tertiary/aromatic N) is 2. The van der Waals surface area contributed by atoms with Crippen molar-refractivity contribution in [3.05, 3.63) is 88.4 Å². The van der Waals surface area contributed by atoms with Crippen LogP contribution in [0.1, 0.15) is 46.6 Å². The van der Waals surface area contributed by atoms with Crippen molar-refractivity contribution in [2.45, 2.75) is 64.6 Å². The van der Waals surface area contributed by atoms with E-state index in [1.54, 1.807) is 18.7 Å². The topological polar surface area (TPSA) is 80.1 Å². The first-order valence-electron chi connectivity index (χ1n) is 12.7. The normalized spacial score (nSPS) is 15.9. The summed E-state index contributed by atoms with van der Waals surface area (Å²) in [7, 11) is -3.95. The zero-order chi connectivity index (χ0) is 26.6. The van der Waals surface area contributed by atoms with Crippen molar-refractivity contribution in [3.63, 3.8) is 0 Å². The third kappa shape index (κ3) is 6.69. The molecule has 0 aliphatic carbocycles. The van der Waals surface area contributed by atoms with E-state index >= 15 is 0 Å². The molecule has 1 aliphatic heterocycles. The highest BCUT2D eigenvalue weighted by Gasteiger charge is 2.34. The van der Waals surface area contributed by atoms with E-state index in [2.05, 4.69) is 0 Å². The lowest BCUT2D eigenvalue weighted by Crippen LogP contribution is -2.45. The van der Waals surface area contributed by atoms with Gasteiger partial charge in [0.25, 0.3) is 0 Å². The number of furan rings is 1. The number of aryl methyl sites for hydroxylation is 4. The Morgan fingerprint density at radius 3 is 2.27 bits per heavy atom. The van der Waals surface area contributed by atoms with Gasteiger partial charge in [-0.1, -0.05) is 48.0 Å². The van der Waals surface area contributed by atoms with E-state index in [1.807, 2.05) is 68.4 Å². The van der Waals surface area contributed by atoms with E-state index in [0.717, 1.165) is 29.7 Å². The summed E-state index contributed by atoms with van der Waals surface area (Å²) in [6.45, 7) is 8.47. The van der Waals surface area contributed by atoms with Gasteiger partial charge in [-0.05, 0) is 69.4 Å². The maximum Gasteiger partial charge on any atom is 0.244 e. The Hall–Kier alpha value is -2.94. The number of carbonyl (C=O) groups excluding carboxylic acids is 1. The summed E-state index contributed by atoms with van der Waals surface area (Å²) in [5.74, 6) is 1.12. The van der Waals surface area contributed by atoms with Crippen LogP contribution in [0.5, 0.6) is 0 Å². The van der Waals surface area contributed by atoms with Gasteiger partial charge in [-0.3, -0.25) is 4.79 Å². The average molecular weight is 525 g/mol. The Labute approximate surface area is 220 Å².